The van der Waals surface area contributed by atoms with Gasteiger partial charge in [0.25, 0.3) is 0 Å². The first-order valence-corrected chi connectivity index (χ1v) is 9.75. The first-order chi connectivity index (χ1) is 15.2. The molecular formula is C24H18F3N5. The minimum absolute atomic E-state index is 0.0829. The zero-order valence-electron chi connectivity index (χ0n) is 17.3. The lowest BCUT2D eigenvalue weighted by atomic mass is 9.85. The van der Waals surface area contributed by atoms with Gasteiger partial charge in [0.1, 0.15) is 5.69 Å². The van der Waals surface area contributed by atoms with Crippen LogP contribution in [-0.4, -0.2) is 19.7 Å². The lowest BCUT2D eigenvalue weighted by Crippen LogP contribution is -2.22. The SMILES string of the molecule is [C-]#[N+]c1cccc(-c2cccc(C(C)(C)c3ccn(-c4cccc(C(F)(F)F)n4)n3)n2)c1. The van der Waals surface area contributed by atoms with E-state index < -0.39 is 17.3 Å². The molecule has 0 radical (unpaired) electrons. The van der Waals surface area contributed by atoms with E-state index in [0.717, 1.165) is 23.0 Å². The first-order valence-electron chi connectivity index (χ1n) is 9.75. The van der Waals surface area contributed by atoms with Crippen molar-refractivity contribution in [2.24, 2.45) is 0 Å². The first kappa shape index (κ1) is 21.2. The molecular weight excluding hydrogens is 415 g/mol. The number of hydrogen-bond acceptors (Lipinski definition) is 3. The maximum Gasteiger partial charge on any atom is 0.433 e. The fraction of sp³-hybridized carbons (Fsp3) is 0.167. The maximum absolute atomic E-state index is 13.0. The van der Waals surface area contributed by atoms with E-state index in [2.05, 4.69) is 14.9 Å². The molecule has 3 aromatic heterocycles. The predicted molar refractivity (Wildman–Crippen MR) is 114 cm³/mol. The maximum atomic E-state index is 13.0. The number of pyridine rings is 2. The topological polar surface area (TPSA) is 48.0 Å². The van der Waals surface area contributed by atoms with Crippen molar-refractivity contribution >= 4 is 5.69 Å². The number of aromatic nitrogens is 4. The third-order valence-electron chi connectivity index (χ3n) is 5.15. The van der Waals surface area contributed by atoms with E-state index in [9.17, 15) is 13.2 Å². The summed E-state index contributed by atoms with van der Waals surface area (Å²) in [4.78, 5) is 11.9. The molecule has 1 aromatic carbocycles. The van der Waals surface area contributed by atoms with Crippen LogP contribution in [0.3, 0.4) is 0 Å². The second kappa shape index (κ2) is 7.93. The highest BCUT2D eigenvalue weighted by atomic mass is 19.4. The monoisotopic (exact) mass is 433 g/mol. The Kier molecular flexibility index (Phi) is 5.26. The summed E-state index contributed by atoms with van der Waals surface area (Å²) in [6.45, 7) is 11.1. The molecule has 0 aliphatic heterocycles. The summed E-state index contributed by atoms with van der Waals surface area (Å²) in [5, 5.41) is 4.49. The summed E-state index contributed by atoms with van der Waals surface area (Å²) in [5.41, 5.74) is 1.86. The Hall–Kier alpha value is -3.99. The van der Waals surface area contributed by atoms with Crippen molar-refractivity contribution in [3.63, 3.8) is 0 Å². The molecule has 0 bridgehead atoms. The highest BCUT2D eigenvalue weighted by molar-refractivity contribution is 5.65. The molecule has 0 N–H and O–H groups in total. The second-order valence-corrected chi connectivity index (χ2v) is 7.72. The summed E-state index contributed by atoms with van der Waals surface area (Å²) in [5.74, 6) is 0.0829. The Morgan fingerprint density at radius 2 is 1.56 bits per heavy atom. The van der Waals surface area contributed by atoms with E-state index in [-0.39, 0.29) is 5.82 Å². The number of halogens is 3. The third-order valence-corrected chi connectivity index (χ3v) is 5.15. The summed E-state index contributed by atoms with van der Waals surface area (Å²) in [6, 6.07) is 18.3. The zero-order valence-corrected chi connectivity index (χ0v) is 17.3. The Labute approximate surface area is 183 Å². The van der Waals surface area contributed by atoms with Gasteiger partial charge in [-0.1, -0.05) is 30.3 Å². The van der Waals surface area contributed by atoms with Crippen LogP contribution in [0.4, 0.5) is 18.9 Å². The molecule has 0 atom stereocenters. The molecule has 3 heterocycles. The minimum atomic E-state index is -4.53. The highest BCUT2D eigenvalue weighted by Gasteiger charge is 2.33. The van der Waals surface area contributed by atoms with Crippen LogP contribution in [-0.2, 0) is 11.6 Å². The van der Waals surface area contributed by atoms with Gasteiger partial charge in [-0.15, -0.1) is 0 Å². The van der Waals surface area contributed by atoms with E-state index in [1.807, 2.05) is 44.2 Å². The van der Waals surface area contributed by atoms with Crippen molar-refractivity contribution in [2.45, 2.75) is 25.4 Å². The number of nitrogens with zero attached hydrogens (tertiary/aromatic N) is 5. The van der Waals surface area contributed by atoms with Gasteiger partial charge >= 0.3 is 6.18 Å². The van der Waals surface area contributed by atoms with Crippen LogP contribution in [0.2, 0.25) is 0 Å². The average molecular weight is 433 g/mol. The Morgan fingerprint density at radius 3 is 2.31 bits per heavy atom. The number of alkyl halides is 3. The van der Waals surface area contributed by atoms with Crippen LogP contribution in [0, 0.1) is 6.57 Å². The van der Waals surface area contributed by atoms with E-state index in [0.29, 0.717) is 11.4 Å². The molecule has 0 saturated heterocycles. The quantitative estimate of drug-likeness (QED) is 0.359. The molecule has 4 rings (SSSR count). The van der Waals surface area contributed by atoms with Gasteiger partial charge in [-0.25, -0.2) is 14.5 Å². The standard InChI is InChI=1S/C24H18F3N5/c1-23(2,19-10-5-9-18(29-19)16-7-4-8-17(15-16)28-3)20-13-14-32(31-20)22-12-6-11-21(30-22)24(25,26)27/h4-15H,1-2H3. The fourth-order valence-electron chi connectivity index (χ4n) is 3.30. The van der Waals surface area contributed by atoms with Crippen molar-refractivity contribution in [3.05, 3.63) is 101 Å². The molecule has 0 spiro atoms. The van der Waals surface area contributed by atoms with Gasteiger partial charge in [-0.2, -0.15) is 18.3 Å². The Balaban J connectivity index is 1.68. The lowest BCUT2D eigenvalue weighted by molar-refractivity contribution is -0.141. The second-order valence-electron chi connectivity index (χ2n) is 7.72. The van der Waals surface area contributed by atoms with Crippen molar-refractivity contribution in [3.8, 4) is 17.1 Å². The Bertz CT molecular complexity index is 1320. The van der Waals surface area contributed by atoms with Crippen molar-refractivity contribution < 1.29 is 13.2 Å². The highest BCUT2D eigenvalue weighted by Crippen LogP contribution is 2.32. The van der Waals surface area contributed by atoms with Gasteiger partial charge in [0.2, 0.25) is 0 Å². The Morgan fingerprint density at radius 1 is 0.844 bits per heavy atom. The summed E-state index contributed by atoms with van der Waals surface area (Å²) in [7, 11) is 0. The molecule has 0 aliphatic carbocycles. The van der Waals surface area contributed by atoms with Gasteiger partial charge in [0, 0.05) is 6.20 Å². The molecule has 4 aromatic rings. The molecule has 0 amide bonds. The zero-order chi connectivity index (χ0) is 22.9. The average Bonchev–Trinajstić information content (AvgIpc) is 3.30. The van der Waals surface area contributed by atoms with Gasteiger partial charge in [0.05, 0.1) is 29.1 Å². The van der Waals surface area contributed by atoms with Gasteiger partial charge in [-0.05, 0) is 55.8 Å². The largest absolute Gasteiger partial charge is 0.433 e. The molecule has 0 aliphatic rings. The molecule has 0 unspecified atom stereocenters. The molecule has 0 fully saturated rings. The number of rotatable bonds is 4. The molecule has 0 saturated carbocycles. The van der Waals surface area contributed by atoms with Gasteiger partial charge < -0.3 is 0 Å². The van der Waals surface area contributed by atoms with Crippen molar-refractivity contribution in [2.75, 3.05) is 0 Å². The third kappa shape index (κ3) is 4.10. The van der Waals surface area contributed by atoms with Crippen LogP contribution < -0.4 is 0 Å². The van der Waals surface area contributed by atoms with Crippen LogP contribution in [0.15, 0.2) is 72.9 Å². The summed E-state index contributed by atoms with van der Waals surface area (Å²) in [6.07, 6.45) is -2.94. The summed E-state index contributed by atoms with van der Waals surface area (Å²) < 4.78 is 40.4. The predicted octanol–water partition coefficient (Wildman–Crippen LogP) is 6.22. The molecule has 160 valence electrons. The van der Waals surface area contributed by atoms with Crippen LogP contribution in [0.1, 0.15) is 30.9 Å². The van der Waals surface area contributed by atoms with Crippen LogP contribution >= 0.6 is 0 Å². The van der Waals surface area contributed by atoms with Gasteiger partial charge in [0.15, 0.2) is 11.5 Å². The normalized spacial score (nSPS) is 11.9. The van der Waals surface area contributed by atoms with E-state index in [1.165, 1.54) is 16.8 Å². The fourth-order valence-corrected chi connectivity index (χ4v) is 3.30. The van der Waals surface area contributed by atoms with E-state index in [1.54, 1.807) is 24.4 Å². The molecule has 5 nitrogen and oxygen atoms in total. The number of hydrogen-bond donors (Lipinski definition) is 0. The van der Waals surface area contributed by atoms with Crippen molar-refractivity contribution in [1.29, 1.82) is 0 Å². The van der Waals surface area contributed by atoms with Gasteiger partial charge in [-0.3, -0.25) is 4.98 Å². The smallest absolute Gasteiger partial charge is 0.252 e. The van der Waals surface area contributed by atoms with E-state index in [4.69, 9.17) is 11.6 Å². The minimum Gasteiger partial charge on any atom is -0.252 e. The molecule has 32 heavy (non-hydrogen) atoms. The number of benzene rings is 1. The van der Waals surface area contributed by atoms with Crippen LogP contribution in [0.25, 0.3) is 21.9 Å². The molecule has 8 heteroatoms. The van der Waals surface area contributed by atoms with Crippen molar-refractivity contribution in [1.82, 2.24) is 19.7 Å². The lowest BCUT2D eigenvalue weighted by Gasteiger charge is -2.22. The van der Waals surface area contributed by atoms with E-state index >= 15 is 0 Å². The van der Waals surface area contributed by atoms with Crippen LogP contribution in [0.5, 0.6) is 0 Å². The summed E-state index contributed by atoms with van der Waals surface area (Å²) >= 11 is 0.